The average Bonchev–Trinajstić information content (AvgIpc) is 2.70. The van der Waals surface area contributed by atoms with E-state index in [2.05, 4.69) is 0 Å². The van der Waals surface area contributed by atoms with Crippen molar-refractivity contribution in [2.75, 3.05) is 0 Å². The van der Waals surface area contributed by atoms with Crippen LogP contribution in [0.5, 0.6) is 0 Å². The molecule has 0 fully saturated rings. The molecule has 2 atom stereocenters. The normalized spacial score (nSPS) is 15.7. The minimum Gasteiger partial charge on any atom is -0.298 e. The van der Waals surface area contributed by atoms with Crippen molar-refractivity contribution in [1.82, 2.24) is 4.72 Å². The molecule has 21 heavy (non-hydrogen) atoms. The summed E-state index contributed by atoms with van der Waals surface area (Å²) in [6, 6.07) is 1.13. The largest absolute Gasteiger partial charge is 0.389 e. The highest BCUT2D eigenvalue weighted by Gasteiger charge is 2.37. The van der Waals surface area contributed by atoms with Crippen molar-refractivity contribution in [3.8, 4) is 0 Å². The lowest BCUT2D eigenvalue weighted by atomic mass is 9.96. The molecule has 1 aromatic rings. The number of alkyl halides is 3. The molecule has 0 aromatic carbocycles. The van der Waals surface area contributed by atoms with E-state index in [9.17, 15) is 26.4 Å². The van der Waals surface area contributed by atoms with Gasteiger partial charge in [0.25, 0.3) is 10.0 Å². The predicted molar refractivity (Wildman–Crippen MR) is 74.0 cm³/mol. The van der Waals surface area contributed by atoms with Crippen LogP contribution in [0.4, 0.5) is 13.2 Å². The molecule has 0 spiro atoms. The van der Waals surface area contributed by atoms with Crippen molar-refractivity contribution in [1.29, 1.82) is 0 Å². The molecule has 0 unspecified atom stereocenters. The summed E-state index contributed by atoms with van der Waals surface area (Å²) < 4.78 is 63.3. The fourth-order valence-electron chi connectivity index (χ4n) is 1.75. The maximum absolute atomic E-state index is 12.4. The summed E-state index contributed by atoms with van der Waals surface area (Å²) in [4.78, 5) is 11.5. The van der Waals surface area contributed by atoms with Gasteiger partial charge < -0.3 is 0 Å². The van der Waals surface area contributed by atoms with E-state index in [0.717, 1.165) is 18.3 Å². The SMILES string of the molecule is CC(=O)[C@@H](NS(=O)(=O)c1ccc(Cl)s1)[C@@H](C)CC(F)(F)F. The van der Waals surface area contributed by atoms with Gasteiger partial charge in [0.1, 0.15) is 9.99 Å². The number of rotatable bonds is 6. The Labute approximate surface area is 129 Å². The molecule has 1 N–H and O–H groups in total. The highest BCUT2D eigenvalue weighted by atomic mass is 35.5. The molecule has 0 aliphatic carbocycles. The number of hydrogen-bond donors (Lipinski definition) is 1. The molecule has 0 saturated carbocycles. The molecule has 10 heteroatoms. The van der Waals surface area contributed by atoms with Crippen LogP contribution in [-0.2, 0) is 14.8 Å². The van der Waals surface area contributed by atoms with Crippen LogP contribution in [0.3, 0.4) is 0 Å². The van der Waals surface area contributed by atoms with Crippen LogP contribution in [0.15, 0.2) is 16.3 Å². The fraction of sp³-hybridized carbons (Fsp3) is 0.545. The Bertz CT molecular complexity index is 612. The van der Waals surface area contributed by atoms with E-state index in [4.69, 9.17) is 11.6 Å². The van der Waals surface area contributed by atoms with Gasteiger partial charge in [-0.15, -0.1) is 11.3 Å². The molecule has 1 heterocycles. The highest BCUT2D eigenvalue weighted by molar-refractivity contribution is 7.91. The lowest BCUT2D eigenvalue weighted by Gasteiger charge is -2.23. The number of ketones is 1. The zero-order chi connectivity index (χ0) is 16.4. The van der Waals surface area contributed by atoms with E-state index in [-0.39, 0.29) is 8.55 Å². The lowest BCUT2D eigenvalue weighted by molar-refractivity contribution is -0.146. The van der Waals surface area contributed by atoms with Crippen molar-refractivity contribution < 1.29 is 26.4 Å². The van der Waals surface area contributed by atoms with Crippen molar-refractivity contribution in [2.45, 2.75) is 36.7 Å². The van der Waals surface area contributed by atoms with Gasteiger partial charge in [-0.1, -0.05) is 18.5 Å². The number of sulfonamides is 1. The second kappa shape index (κ2) is 6.64. The van der Waals surface area contributed by atoms with Crippen LogP contribution < -0.4 is 4.72 Å². The Morgan fingerprint density at radius 2 is 2.00 bits per heavy atom. The number of carbonyl (C=O) groups is 1. The van der Waals surface area contributed by atoms with Gasteiger partial charge in [-0.2, -0.15) is 17.9 Å². The van der Waals surface area contributed by atoms with Crippen LogP contribution >= 0.6 is 22.9 Å². The van der Waals surface area contributed by atoms with Gasteiger partial charge in [0.2, 0.25) is 0 Å². The monoisotopic (exact) mass is 363 g/mol. The van der Waals surface area contributed by atoms with Crippen LogP contribution in [-0.4, -0.2) is 26.4 Å². The first-order valence-electron chi connectivity index (χ1n) is 5.77. The van der Waals surface area contributed by atoms with Gasteiger partial charge in [0.15, 0.2) is 0 Å². The zero-order valence-corrected chi connectivity index (χ0v) is 13.5. The number of thiophene rings is 1. The molecule has 0 bridgehead atoms. The molecule has 0 saturated heterocycles. The third-order valence-electron chi connectivity index (χ3n) is 2.66. The Kier molecular flexibility index (Phi) is 5.82. The molecule has 0 radical (unpaired) electrons. The molecule has 0 aliphatic rings. The minimum absolute atomic E-state index is 0.155. The van der Waals surface area contributed by atoms with Crippen molar-refractivity contribution in [3.05, 3.63) is 16.5 Å². The van der Waals surface area contributed by atoms with Crippen molar-refractivity contribution in [3.63, 3.8) is 0 Å². The molecular formula is C11H13ClF3NO3S2. The first kappa shape index (κ1) is 18.4. The summed E-state index contributed by atoms with van der Waals surface area (Å²) in [6.07, 6.45) is -5.74. The number of nitrogens with one attached hydrogen (secondary N) is 1. The van der Waals surface area contributed by atoms with Gasteiger partial charge in [0, 0.05) is 6.42 Å². The summed E-state index contributed by atoms with van der Waals surface area (Å²) in [5.74, 6) is -1.90. The summed E-state index contributed by atoms with van der Waals surface area (Å²) >= 11 is 6.38. The average molecular weight is 364 g/mol. The van der Waals surface area contributed by atoms with Crippen LogP contribution in [0, 0.1) is 5.92 Å². The van der Waals surface area contributed by atoms with Gasteiger partial charge in [-0.05, 0) is 25.0 Å². The van der Waals surface area contributed by atoms with Crippen LogP contribution in [0.25, 0.3) is 0 Å². The molecule has 120 valence electrons. The van der Waals surface area contributed by atoms with E-state index < -0.39 is 40.4 Å². The third-order valence-corrected chi connectivity index (χ3v) is 5.82. The molecule has 1 rings (SSSR count). The molecule has 0 aliphatic heterocycles. The fourth-order valence-corrected chi connectivity index (χ4v) is 4.61. The maximum Gasteiger partial charge on any atom is 0.389 e. The van der Waals surface area contributed by atoms with Gasteiger partial charge in [0.05, 0.1) is 10.4 Å². The second-order valence-corrected chi connectivity index (χ2v) is 8.22. The summed E-state index contributed by atoms with van der Waals surface area (Å²) in [7, 11) is -4.09. The van der Waals surface area contributed by atoms with Crippen molar-refractivity contribution in [2.24, 2.45) is 5.92 Å². The van der Waals surface area contributed by atoms with Crippen LogP contribution in [0.1, 0.15) is 20.3 Å². The predicted octanol–water partition coefficient (Wildman–Crippen LogP) is 3.23. The summed E-state index contributed by atoms with van der Waals surface area (Å²) in [6.45, 7) is 2.21. The first-order valence-corrected chi connectivity index (χ1v) is 8.45. The number of Topliss-reactive ketones (excluding diaryl/α,β-unsaturated/α-hetero) is 1. The lowest BCUT2D eigenvalue weighted by Crippen LogP contribution is -2.45. The molecule has 0 amide bonds. The van der Waals surface area contributed by atoms with Crippen LogP contribution in [0.2, 0.25) is 4.34 Å². The van der Waals surface area contributed by atoms with E-state index in [1.165, 1.54) is 19.1 Å². The molecular weight excluding hydrogens is 351 g/mol. The first-order chi connectivity index (χ1) is 9.42. The van der Waals surface area contributed by atoms with E-state index in [1.54, 1.807) is 0 Å². The van der Waals surface area contributed by atoms with E-state index >= 15 is 0 Å². The number of carbonyl (C=O) groups excluding carboxylic acids is 1. The summed E-state index contributed by atoms with van der Waals surface area (Å²) in [5.41, 5.74) is 0. The van der Waals surface area contributed by atoms with Gasteiger partial charge >= 0.3 is 6.18 Å². The smallest absolute Gasteiger partial charge is 0.298 e. The van der Waals surface area contributed by atoms with E-state index in [0.29, 0.717) is 0 Å². The second-order valence-electron chi connectivity index (χ2n) is 4.56. The number of halogens is 4. The summed E-state index contributed by atoms with van der Waals surface area (Å²) in [5, 5.41) is 0. The Hall–Kier alpha value is -0.640. The molecule has 4 nitrogen and oxygen atoms in total. The Balaban J connectivity index is 2.96. The maximum atomic E-state index is 12.4. The quantitative estimate of drug-likeness (QED) is 0.844. The van der Waals surface area contributed by atoms with E-state index in [1.807, 2.05) is 4.72 Å². The van der Waals surface area contributed by atoms with Crippen molar-refractivity contribution >= 4 is 38.7 Å². The minimum atomic E-state index is -4.48. The highest BCUT2D eigenvalue weighted by Crippen LogP contribution is 2.29. The van der Waals surface area contributed by atoms with Gasteiger partial charge in [-0.25, -0.2) is 8.42 Å². The number of hydrogen-bond acceptors (Lipinski definition) is 4. The zero-order valence-electron chi connectivity index (χ0n) is 11.1. The standard InChI is InChI=1S/C11H13ClF3NO3S2/c1-6(5-11(13,14)15)10(7(2)17)16-21(18,19)9-4-3-8(12)20-9/h3-4,6,10,16H,5H2,1-2H3/t6-,10-/m0/s1. The molecule has 1 aromatic heterocycles. The topological polar surface area (TPSA) is 63.2 Å². The Morgan fingerprint density at radius 3 is 2.38 bits per heavy atom. The third kappa shape index (κ3) is 5.57. The van der Waals surface area contributed by atoms with Gasteiger partial charge in [-0.3, -0.25) is 4.79 Å². The Morgan fingerprint density at radius 1 is 1.43 bits per heavy atom.